The number of benzene rings is 1. The van der Waals surface area contributed by atoms with Gasteiger partial charge >= 0.3 is 5.97 Å². The summed E-state index contributed by atoms with van der Waals surface area (Å²) in [5, 5.41) is 11.4. The molecule has 2 aromatic rings. The van der Waals surface area contributed by atoms with Gasteiger partial charge in [-0.2, -0.15) is 0 Å². The first-order chi connectivity index (χ1) is 8.99. The molecule has 0 aliphatic heterocycles. The minimum Gasteiger partial charge on any atom is -0.478 e. The Bertz CT molecular complexity index is 653. The minimum atomic E-state index is -1.04. The molecule has 1 heterocycles. The van der Waals surface area contributed by atoms with Crippen LogP contribution in [0.3, 0.4) is 0 Å². The van der Waals surface area contributed by atoms with Crippen molar-refractivity contribution in [2.75, 3.05) is 5.32 Å². The number of furan rings is 1. The third-order valence-electron chi connectivity index (χ3n) is 2.33. The molecule has 0 saturated carbocycles. The number of carboxylic acids is 1. The SMILES string of the molecule is O=C(O)c1ccc(NC(=O)c2ccoc2Cl)c(Br)c1. The van der Waals surface area contributed by atoms with Gasteiger partial charge in [-0.25, -0.2) is 4.79 Å². The summed E-state index contributed by atoms with van der Waals surface area (Å²) in [6, 6.07) is 5.71. The maximum absolute atomic E-state index is 11.9. The molecule has 2 rings (SSSR count). The van der Waals surface area contributed by atoms with Gasteiger partial charge in [0.25, 0.3) is 5.91 Å². The van der Waals surface area contributed by atoms with Crippen molar-refractivity contribution in [2.24, 2.45) is 0 Å². The second-order valence-corrected chi connectivity index (χ2v) is 4.76. The zero-order valence-corrected chi connectivity index (χ0v) is 11.7. The maximum Gasteiger partial charge on any atom is 0.335 e. The summed E-state index contributed by atoms with van der Waals surface area (Å²) >= 11 is 8.88. The van der Waals surface area contributed by atoms with Gasteiger partial charge in [-0.05, 0) is 51.8 Å². The maximum atomic E-state index is 11.9. The molecule has 2 N–H and O–H groups in total. The Morgan fingerprint density at radius 1 is 1.32 bits per heavy atom. The standard InChI is InChI=1S/C12H7BrClNO4/c13-8-5-6(12(17)18)1-2-9(8)15-11(16)7-3-4-19-10(7)14/h1-5H,(H,15,16)(H,17,18). The van der Waals surface area contributed by atoms with Crippen LogP contribution in [0.4, 0.5) is 5.69 Å². The number of amides is 1. The smallest absolute Gasteiger partial charge is 0.335 e. The first-order valence-corrected chi connectivity index (χ1v) is 6.23. The van der Waals surface area contributed by atoms with Crippen LogP contribution in [-0.4, -0.2) is 17.0 Å². The number of halogens is 2. The van der Waals surface area contributed by atoms with Gasteiger partial charge in [0.2, 0.25) is 5.22 Å². The van der Waals surface area contributed by atoms with Crippen LogP contribution >= 0.6 is 27.5 Å². The van der Waals surface area contributed by atoms with Crippen molar-refractivity contribution in [3.05, 3.63) is 51.3 Å². The summed E-state index contributed by atoms with van der Waals surface area (Å²) < 4.78 is 5.28. The summed E-state index contributed by atoms with van der Waals surface area (Å²) in [7, 11) is 0. The van der Waals surface area contributed by atoms with Crippen LogP contribution in [0.15, 0.2) is 39.4 Å². The van der Waals surface area contributed by atoms with Gasteiger partial charge in [0.15, 0.2) is 0 Å². The zero-order chi connectivity index (χ0) is 14.0. The first kappa shape index (κ1) is 13.6. The number of aromatic carboxylic acids is 1. The minimum absolute atomic E-state index is 0.00391. The molecule has 0 unspecified atom stereocenters. The molecule has 7 heteroatoms. The Morgan fingerprint density at radius 2 is 2.05 bits per heavy atom. The van der Waals surface area contributed by atoms with E-state index in [1.807, 2.05) is 0 Å². The lowest BCUT2D eigenvalue weighted by atomic mass is 10.2. The average molecular weight is 345 g/mol. The van der Waals surface area contributed by atoms with E-state index in [-0.39, 0.29) is 16.3 Å². The molecule has 0 radical (unpaired) electrons. The highest BCUT2D eigenvalue weighted by molar-refractivity contribution is 9.10. The number of rotatable bonds is 3. The molecule has 5 nitrogen and oxygen atoms in total. The van der Waals surface area contributed by atoms with E-state index in [2.05, 4.69) is 21.2 Å². The largest absolute Gasteiger partial charge is 0.478 e. The van der Waals surface area contributed by atoms with Crippen molar-refractivity contribution >= 4 is 45.1 Å². The van der Waals surface area contributed by atoms with Crippen LogP contribution in [0.25, 0.3) is 0 Å². The van der Waals surface area contributed by atoms with Crippen molar-refractivity contribution in [1.82, 2.24) is 0 Å². The number of nitrogens with one attached hydrogen (secondary N) is 1. The molecule has 0 saturated heterocycles. The normalized spacial score (nSPS) is 10.2. The monoisotopic (exact) mass is 343 g/mol. The molecule has 0 aliphatic carbocycles. The number of carbonyl (C=O) groups excluding carboxylic acids is 1. The van der Waals surface area contributed by atoms with Crippen LogP contribution in [0.2, 0.25) is 5.22 Å². The van der Waals surface area contributed by atoms with Crippen LogP contribution in [0, 0.1) is 0 Å². The zero-order valence-electron chi connectivity index (χ0n) is 9.31. The number of anilines is 1. The fourth-order valence-corrected chi connectivity index (χ4v) is 2.07. The highest BCUT2D eigenvalue weighted by Crippen LogP contribution is 2.25. The highest BCUT2D eigenvalue weighted by atomic mass is 79.9. The predicted octanol–water partition coefficient (Wildman–Crippen LogP) is 3.65. The Labute approximate surface area is 121 Å². The van der Waals surface area contributed by atoms with Crippen molar-refractivity contribution in [3.8, 4) is 0 Å². The molecule has 0 aliphatic rings. The molecule has 19 heavy (non-hydrogen) atoms. The topological polar surface area (TPSA) is 79.5 Å². The van der Waals surface area contributed by atoms with E-state index >= 15 is 0 Å². The molecule has 0 atom stereocenters. The lowest BCUT2D eigenvalue weighted by Gasteiger charge is -2.07. The van der Waals surface area contributed by atoms with E-state index in [9.17, 15) is 9.59 Å². The molecule has 1 aromatic carbocycles. The summed E-state index contributed by atoms with van der Waals surface area (Å²) in [6.45, 7) is 0. The molecule has 98 valence electrons. The number of carbonyl (C=O) groups is 2. The molecule has 0 bridgehead atoms. The van der Waals surface area contributed by atoms with Crippen LogP contribution in [0.1, 0.15) is 20.7 Å². The van der Waals surface area contributed by atoms with E-state index in [0.717, 1.165) is 0 Å². The van der Waals surface area contributed by atoms with Gasteiger partial charge in [-0.1, -0.05) is 0 Å². The Balaban J connectivity index is 2.23. The quantitative estimate of drug-likeness (QED) is 0.891. The Hall–Kier alpha value is -1.79. The highest BCUT2D eigenvalue weighted by Gasteiger charge is 2.15. The number of hydrogen-bond donors (Lipinski definition) is 2. The average Bonchev–Trinajstić information content (AvgIpc) is 2.77. The summed E-state index contributed by atoms with van der Waals surface area (Å²) in [5.41, 5.74) is 0.759. The summed E-state index contributed by atoms with van der Waals surface area (Å²) in [6.07, 6.45) is 1.31. The van der Waals surface area contributed by atoms with E-state index in [1.165, 1.54) is 30.5 Å². The van der Waals surface area contributed by atoms with Gasteiger partial charge in [-0.3, -0.25) is 4.79 Å². The van der Waals surface area contributed by atoms with Gasteiger partial charge in [0.05, 0.1) is 23.1 Å². The van der Waals surface area contributed by atoms with E-state index in [0.29, 0.717) is 10.2 Å². The fraction of sp³-hybridized carbons (Fsp3) is 0. The van der Waals surface area contributed by atoms with Gasteiger partial charge in [-0.15, -0.1) is 0 Å². The second-order valence-electron chi connectivity index (χ2n) is 3.56. The van der Waals surface area contributed by atoms with Gasteiger partial charge in [0.1, 0.15) is 0 Å². The number of hydrogen-bond acceptors (Lipinski definition) is 3. The van der Waals surface area contributed by atoms with Crippen molar-refractivity contribution in [1.29, 1.82) is 0 Å². The van der Waals surface area contributed by atoms with E-state index < -0.39 is 11.9 Å². The molecular weight excluding hydrogens is 337 g/mol. The third kappa shape index (κ3) is 2.97. The van der Waals surface area contributed by atoms with E-state index in [4.69, 9.17) is 21.1 Å². The Morgan fingerprint density at radius 3 is 2.58 bits per heavy atom. The van der Waals surface area contributed by atoms with Crippen molar-refractivity contribution in [3.63, 3.8) is 0 Å². The van der Waals surface area contributed by atoms with Crippen LogP contribution < -0.4 is 5.32 Å². The second kappa shape index (κ2) is 5.46. The fourth-order valence-electron chi connectivity index (χ4n) is 1.39. The van der Waals surface area contributed by atoms with E-state index in [1.54, 1.807) is 0 Å². The molecule has 0 fully saturated rings. The predicted molar refractivity (Wildman–Crippen MR) is 72.8 cm³/mol. The van der Waals surface area contributed by atoms with Gasteiger partial charge < -0.3 is 14.8 Å². The molecular formula is C12H7BrClNO4. The number of carboxylic acid groups (broad SMARTS) is 1. The van der Waals surface area contributed by atoms with Crippen molar-refractivity contribution < 1.29 is 19.1 Å². The summed E-state index contributed by atoms with van der Waals surface area (Å²) in [4.78, 5) is 22.7. The lowest BCUT2D eigenvalue weighted by molar-refractivity contribution is 0.0696. The first-order valence-electron chi connectivity index (χ1n) is 5.06. The molecule has 1 aromatic heterocycles. The van der Waals surface area contributed by atoms with Crippen molar-refractivity contribution in [2.45, 2.75) is 0 Å². The van der Waals surface area contributed by atoms with Crippen LogP contribution in [0.5, 0.6) is 0 Å². The lowest BCUT2D eigenvalue weighted by Crippen LogP contribution is -2.12. The Kier molecular flexibility index (Phi) is 3.92. The van der Waals surface area contributed by atoms with Gasteiger partial charge in [0, 0.05) is 4.47 Å². The molecule has 0 spiro atoms. The third-order valence-corrected chi connectivity index (χ3v) is 3.28. The van der Waals surface area contributed by atoms with Crippen LogP contribution in [-0.2, 0) is 0 Å². The summed E-state index contributed by atoms with van der Waals surface area (Å²) in [5.74, 6) is -1.49. The molecule has 1 amide bonds.